The fraction of sp³-hybridized carbons (Fsp3) is 0.100. The molecule has 0 aliphatic heterocycles. The van der Waals surface area contributed by atoms with Gasteiger partial charge in [0, 0.05) is 5.39 Å². The third kappa shape index (κ3) is 1.33. The van der Waals surface area contributed by atoms with E-state index in [0.717, 1.165) is 10.9 Å². The quantitative estimate of drug-likeness (QED) is 0.627. The lowest BCUT2D eigenvalue weighted by Gasteiger charge is -2.01. The Bertz CT molecular complexity index is 468. The number of phenolic OH excluding ortho intramolecular Hbond substituents is 1. The number of rotatable bonds is 0. The van der Waals surface area contributed by atoms with Gasteiger partial charge in [-0.15, -0.1) is 0 Å². The summed E-state index contributed by atoms with van der Waals surface area (Å²) in [6.07, 6.45) is 0. The van der Waals surface area contributed by atoms with Crippen molar-refractivity contribution in [2.75, 3.05) is 0 Å². The molecule has 0 spiro atoms. The van der Waals surface area contributed by atoms with E-state index in [1.165, 1.54) is 6.07 Å². The highest BCUT2D eigenvalue weighted by atomic mass is 19.1. The van der Waals surface area contributed by atoms with Crippen molar-refractivity contribution in [1.29, 1.82) is 0 Å². The zero-order chi connectivity index (χ0) is 9.42. The number of phenols is 1. The molecule has 1 aromatic heterocycles. The first-order valence-corrected chi connectivity index (χ1v) is 3.93. The van der Waals surface area contributed by atoms with Crippen LogP contribution in [0.1, 0.15) is 5.56 Å². The number of benzene rings is 1. The maximum Gasteiger partial charge on any atom is 0.213 e. The predicted octanol–water partition coefficient (Wildman–Crippen LogP) is 2.39. The summed E-state index contributed by atoms with van der Waals surface area (Å²) in [7, 11) is 0. The molecule has 0 saturated carbocycles. The van der Waals surface area contributed by atoms with Crippen LogP contribution >= 0.6 is 0 Å². The number of aromatic hydroxyl groups is 1. The van der Waals surface area contributed by atoms with Crippen molar-refractivity contribution in [2.45, 2.75) is 6.92 Å². The third-order valence-corrected chi connectivity index (χ3v) is 1.93. The minimum absolute atomic E-state index is 0.179. The van der Waals surface area contributed by atoms with Gasteiger partial charge in [-0.3, -0.25) is 0 Å². The molecular formula is C10H8FNO. The lowest BCUT2D eigenvalue weighted by Crippen LogP contribution is -1.86. The topological polar surface area (TPSA) is 33.1 Å². The van der Waals surface area contributed by atoms with Crippen molar-refractivity contribution in [1.82, 2.24) is 4.98 Å². The first-order chi connectivity index (χ1) is 6.16. The molecule has 0 fully saturated rings. The van der Waals surface area contributed by atoms with Gasteiger partial charge < -0.3 is 5.11 Å². The predicted molar refractivity (Wildman–Crippen MR) is 48.1 cm³/mol. The van der Waals surface area contributed by atoms with Crippen LogP contribution in [-0.2, 0) is 0 Å². The van der Waals surface area contributed by atoms with Crippen molar-refractivity contribution in [2.24, 2.45) is 0 Å². The number of halogens is 1. The summed E-state index contributed by atoms with van der Waals surface area (Å²) in [5.74, 6) is -0.320. The van der Waals surface area contributed by atoms with E-state index in [0.29, 0.717) is 5.52 Å². The van der Waals surface area contributed by atoms with Gasteiger partial charge in [-0.1, -0.05) is 0 Å². The Labute approximate surface area is 74.7 Å². The largest absolute Gasteiger partial charge is 0.508 e. The molecule has 0 saturated heterocycles. The Hall–Kier alpha value is -1.64. The van der Waals surface area contributed by atoms with Gasteiger partial charge in [-0.25, -0.2) is 4.98 Å². The molecule has 0 radical (unpaired) electrons. The van der Waals surface area contributed by atoms with E-state index in [-0.39, 0.29) is 5.75 Å². The Balaban J connectivity index is 2.87. The molecular weight excluding hydrogens is 169 g/mol. The van der Waals surface area contributed by atoms with Gasteiger partial charge in [0.15, 0.2) is 0 Å². The summed E-state index contributed by atoms with van der Waals surface area (Å²) in [6, 6.07) is 6.01. The van der Waals surface area contributed by atoms with E-state index in [1.807, 2.05) is 0 Å². The molecule has 1 N–H and O–H groups in total. The molecule has 66 valence electrons. The van der Waals surface area contributed by atoms with Crippen molar-refractivity contribution in [3.63, 3.8) is 0 Å². The van der Waals surface area contributed by atoms with Crippen molar-refractivity contribution >= 4 is 10.9 Å². The van der Waals surface area contributed by atoms with Crippen LogP contribution in [0.3, 0.4) is 0 Å². The fourth-order valence-corrected chi connectivity index (χ4v) is 1.37. The molecule has 0 atom stereocenters. The van der Waals surface area contributed by atoms with Gasteiger partial charge in [0.1, 0.15) is 5.75 Å². The second-order valence-corrected chi connectivity index (χ2v) is 2.97. The summed E-state index contributed by atoms with van der Waals surface area (Å²) in [5, 5.41) is 10.0. The minimum atomic E-state index is -0.499. The van der Waals surface area contributed by atoms with Crippen molar-refractivity contribution in [3.05, 3.63) is 35.8 Å². The van der Waals surface area contributed by atoms with Crippen LogP contribution in [0.15, 0.2) is 24.3 Å². The number of aryl methyl sites for hydroxylation is 1. The number of hydrogen-bond donors (Lipinski definition) is 1. The van der Waals surface area contributed by atoms with Crippen LogP contribution in [0.5, 0.6) is 5.75 Å². The van der Waals surface area contributed by atoms with Gasteiger partial charge in [0.25, 0.3) is 0 Å². The smallest absolute Gasteiger partial charge is 0.213 e. The molecule has 0 unspecified atom stereocenters. The van der Waals surface area contributed by atoms with Gasteiger partial charge in [-0.2, -0.15) is 4.39 Å². The van der Waals surface area contributed by atoms with Crippen LogP contribution in [0, 0.1) is 12.9 Å². The summed E-state index contributed by atoms with van der Waals surface area (Å²) < 4.78 is 12.7. The highest BCUT2D eigenvalue weighted by Crippen LogP contribution is 2.22. The van der Waals surface area contributed by atoms with Gasteiger partial charge in [-0.05, 0) is 36.8 Å². The van der Waals surface area contributed by atoms with Crippen LogP contribution in [-0.4, -0.2) is 10.1 Å². The van der Waals surface area contributed by atoms with E-state index in [2.05, 4.69) is 4.98 Å². The zero-order valence-corrected chi connectivity index (χ0v) is 7.08. The van der Waals surface area contributed by atoms with Gasteiger partial charge >= 0.3 is 0 Å². The van der Waals surface area contributed by atoms with Crippen LogP contribution < -0.4 is 0 Å². The molecule has 2 rings (SSSR count). The molecule has 2 aromatic rings. The molecule has 2 nitrogen and oxygen atoms in total. The first kappa shape index (κ1) is 7.98. The third-order valence-electron chi connectivity index (χ3n) is 1.93. The van der Waals surface area contributed by atoms with Gasteiger partial charge in [0.2, 0.25) is 5.95 Å². The highest BCUT2D eigenvalue weighted by Gasteiger charge is 2.02. The number of nitrogens with zero attached hydrogens (tertiary/aromatic N) is 1. The monoisotopic (exact) mass is 177 g/mol. The molecule has 0 aliphatic rings. The summed E-state index contributed by atoms with van der Waals surface area (Å²) in [4.78, 5) is 3.74. The Morgan fingerprint density at radius 1 is 1.31 bits per heavy atom. The average molecular weight is 177 g/mol. The molecule has 13 heavy (non-hydrogen) atoms. The number of aromatic nitrogens is 1. The second kappa shape index (κ2) is 2.69. The Morgan fingerprint density at radius 3 is 2.85 bits per heavy atom. The molecule has 1 aromatic carbocycles. The SMILES string of the molecule is Cc1cc(O)cc2ccc(F)nc12. The Kier molecular flexibility index (Phi) is 1.65. The maximum atomic E-state index is 12.7. The first-order valence-electron chi connectivity index (χ1n) is 3.93. The molecule has 1 heterocycles. The average Bonchev–Trinajstić information content (AvgIpc) is 2.06. The van der Waals surface area contributed by atoms with E-state index >= 15 is 0 Å². The summed E-state index contributed by atoms with van der Waals surface area (Å²) in [5.41, 5.74) is 1.37. The molecule has 0 bridgehead atoms. The van der Waals surface area contributed by atoms with Crippen LogP contribution in [0.2, 0.25) is 0 Å². The fourth-order valence-electron chi connectivity index (χ4n) is 1.37. The standard InChI is InChI=1S/C10H8FNO/c1-6-4-8(13)5-7-2-3-9(11)12-10(6)7/h2-5,13H,1H3. The maximum absolute atomic E-state index is 12.7. The number of pyridine rings is 1. The second-order valence-electron chi connectivity index (χ2n) is 2.97. The normalized spacial score (nSPS) is 10.6. The van der Waals surface area contributed by atoms with Gasteiger partial charge in [0.05, 0.1) is 5.52 Å². The van der Waals surface area contributed by atoms with E-state index in [1.54, 1.807) is 25.1 Å². The van der Waals surface area contributed by atoms with Crippen LogP contribution in [0.25, 0.3) is 10.9 Å². The lowest BCUT2D eigenvalue weighted by molar-refractivity contribution is 0.475. The van der Waals surface area contributed by atoms with Crippen LogP contribution in [0.4, 0.5) is 4.39 Å². The Morgan fingerprint density at radius 2 is 2.08 bits per heavy atom. The van der Waals surface area contributed by atoms with E-state index < -0.39 is 5.95 Å². The molecule has 3 heteroatoms. The van der Waals surface area contributed by atoms with E-state index in [4.69, 9.17) is 0 Å². The zero-order valence-electron chi connectivity index (χ0n) is 7.08. The number of fused-ring (bicyclic) bond motifs is 1. The molecule has 0 amide bonds. The number of hydrogen-bond acceptors (Lipinski definition) is 2. The molecule has 0 aliphatic carbocycles. The lowest BCUT2D eigenvalue weighted by atomic mass is 10.1. The minimum Gasteiger partial charge on any atom is -0.508 e. The van der Waals surface area contributed by atoms with Crippen molar-refractivity contribution in [3.8, 4) is 5.75 Å². The summed E-state index contributed by atoms with van der Waals surface area (Å²) in [6.45, 7) is 1.79. The highest BCUT2D eigenvalue weighted by molar-refractivity contribution is 5.83. The van der Waals surface area contributed by atoms with E-state index in [9.17, 15) is 9.50 Å². The summed E-state index contributed by atoms with van der Waals surface area (Å²) >= 11 is 0. The van der Waals surface area contributed by atoms with Crippen molar-refractivity contribution < 1.29 is 9.50 Å².